The third-order valence-corrected chi connectivity index (χ3v) is 3.35. The van der Waals surface area contributed by atoms with Gasteiger partial charge in [0, 0.05) is 24.2 Å². The van der Waals surface area contributed by atoms with Crippen molar-refractivity contribution in [3.05, 3.63) is 28.2 Å². The fraction of sp³-hybridized carbons (Fsp3) is 0.500. The fourth-order valence-corrected chi connectivity index (χ4v) is 2.11. The van der Waals surface area contributed by atoms with E-state index in [0.717, 1.165) is 16.6 Å². The molecule has 1 aromatic rings. The highest BCUT2D eigenvalue weighted by molar-refractivity contribution is 9.10. The predicted molar refractivity (Wildman–Crippen MR) is 81.9 cm³/mol. The van der Waals surface area contributed by atoms with Crippen LogP contribution < -0.4 is 15.4 Å². The minimum atomic E-state index is -0.160. The maximum atomic E-state index is 11.7. The number of amides is 1. The number of hydrogen-bond donors (Lipinski definition) is 2. The van der Waals surface area contributed by atoms with Gasteiger partial charge in [-0.1, -0.05) is 15.9 Å². The number of benzene rings is 1. The van der Waals surface area contributed by atoms with Gasteiger partial charge < -0.3 is 20.1 Å². The van der Waals surface area contributed by atoms with Crippen molar-refractivity contribution in [2.75, 3.05) is 27.4 Å². The average molecular weight is 345 g/mol. The van der Waals surface area contributed by atoms with E-state index in [1.807, 2.05) is 32.2 Å². The fourth-order valence-electron chi connectivity index (χ4n) is 1.72. The zero-order chi connectivity index (χ0) is 15.0. The van der Waals surface area contributed by atoms with E-state index in [1.165, 1.54) is 0 Å². The van der Waals surface area contributed by atoms with Crippen molar-refractivity contribution >= 4 is 21.8 Å². The van der Waals surface area contributed by atoms with E-state index in [4.69, 9.17) is 9.47 Å². The van der Waals surface area contributed by atoms with Crippen LogP contribution in [0.3, 0.4) is 0 Å². The highest BCUT2D eigenvalue weighted by atomic mass is 79.9. The largest absolute Gasteiger partial charge is 0.484 e. The molecule has 5 nitrogen and oxygen atoms in total. The number of halogens is 1. The van der Waals surface area contributed by atoms with Gasteiger partial charge in [-0.2, -0.15) is 0 Å². The quantitative estimate of drug-likeness (QED) is 0.753. The SMILES string of the molecule is CNCc1cc(OCC(=O)NC(C)COC)ccc1Br. The van der Waals surface area contributed by atoms with Gasteiger partial charge in [0.15, 0.2) is 6.61 Å². The molecule has 0 spiro atoms. The minimum absolute atomic E-state index is 0.00528. The van der Waals surface area contributed by atoms with Gasteiger partial charge >= 0.3 is 0 Å². The van der Waals surface area contributed by atoms with Crippen molar-refractivity contribution in [2.24, 2.45) is 0 Å². The molecule has 0 saturated heterocycles. The van der Waals surface area contributed by atoms with Crippen LogP contribution in [0.25, 0.3) is 0 Å². The minimum Gasteiger partial charge on any atom is -0.484 e. The number of ether oxygens (including phenoxy) is 2. The van der Waals surface area contributed by atoms with Crippen LogP contribution in [0, 0.1) is 0 Å². The standard InChI is InChI=1S/C14H21BrN2O3/c1-10(8-19-3)17-14(18)9-20-12-4-5-13(15)11(6-12)7-16-2/h4-6,10,16H,7-9H2,1-3H3,(H,17,18). The van der Waals surface area contributed by atoms with Gasteiger partial charge in [-0.3, -0.25) is 4.79 Å². The van der Waals surface area contributed by atoms with E-state index in [-0.39, 0.29) is 18.6 Å². The zero-order valence-electron chi connectivity index (χ0n) is 12.0. The summed E-state index contributed by atoms with van der Waals surface area (Å²) in [4.78, 5) is 11.7. The number of hydrogen-bond acceptors (Lipinski definition) is 4. The molecule has 6 heteroatoms. The van der Waals surface area contributed by atoms with E-state index < -0.39 is 0 Å². The second kappa shape index (κ2) is 8.94. The lowest BCUT2D eigenvalue weighted by atomic mass is 10.2. The van der Waals surface area contributed by atoms with E-state index >= 15 is 0 Å². The molecule has 1 unspecified atom stereocenters. The van der Waals surface area contributed by atoms with E-state index in [2.05, 4.69) is 26.6 Å². The average Bonchev–Trinajstić information content (AvgIpc) is 2.40. The Balaban J connectivity index is 2.49. The second-order valence-corrected chi connectivity index (χ2v) is 5.35. The summed E-state index contributed by atoms with van der Waals surface area (Å²) in [6.07, 6.45) is 0. The van der Waals surface area contributed by atoms with Crippen molar-refractivity contribution < 1.29 is 14.3 Å². The Morgan fingerprint density at radius 2 is 2.20 bits per heavy atom. The lowest BCUT2D eigenvalue weighted by Crippen LogP contribution is -2.38. The van der Waals surface area contributed by atoms with Crippen LogP contribution in [0.2, 0.25) is 0 Å². The van der Waals surface area contributed by atoms with Crippen molar-refractivity contribution in [3.63, 3.8) is 0 Å². The topological polar surface area (TPSA) is 59.6 Å². The summed E-state index contributed by atoms with van der Waals surface area (Å²) in [5.41, 5.74) is 1.08. The molecular weight excluding hydrogens is 324 g/mol. The van der Waals surface area contributed by atoms with Gasteiger partial charge in [0.25, 0.3) is 5.91 Å². The van der Waals surface area contributed by atoms with Gasteiger partial charge in [-0.25, -0.2) is 0 Å². The molecule has 0 saturated carbocycles. The van der Waals surface area contributed by atoms with Crippen molar-refractivity contribution in [1.82, 2.24) is 10.6 Å². The summed E-state index contributed by atoms with van der Waals surface area (Å²) in [5.74, 6) is 0.514. The molecule has 0 aromatic heterocycles. The molecule has 0 aliphatic rings. The third-order valence-electron chi connectivity index (χ3n) is 2.58. The molecule has 0 bridgehead atoms. The molecule has 0 aliphatic heterocycles. The summed E-state index contributed by atoms with van der Waals surface area (Å²) in [6, 6.07) is 5.62. The highest BCUT2D eigenvalue weighted by Gasteiger charge is 2.08. The van der Waals surface area contributed by atoms with Crippen molar-refractivity contribution in [3.8, 4) is 5.75 Å². The van der Waals surface area contributed by atoms with E-state index in [1.54, 1.807) is 7.11 Å². The van der Waals surface area contributed by atoms with Crippen LogP contribution in [0.4, 0.5) is 0 Å². The lowest BCUT2D eigenvalue weighted by Gasteiger charge is -2.13. The molecule has 1 aromatic carbocycles. The monoisotopic (exact) mass is 344 g/mol. The van der Waals surface area contributed by atoms with Gasteiger partial charge in [-0.15, -0.1) is 0 Å². The summed E-state index contributed by atoms with van der Waals surface area (Å²) in [7, 11) is 3.48. The van der Waals surface area contributed by atoms with Crippen molar-refractivity contribution in [2.45, 2.75) is 19.5 Å². The van der Waals surface area contributed by atoms with Crippen LogP contribution in [-0.4, -0.2) is 39.3 Å². The maximum absolute atomic E-state index is 11.7. The Morgan fingerprint density at radius 1 is 1.45 bits per heavy atom. The molecule has 0 heterocycles. The molecule has 0 radical (unpaired) electrons. The number of rotatable bonds is 8. The predicted octanol–water partition coefficient (Wildman–Crippen LogP) is 1.70. The van der Waals surface area contributed by atoms with Crippen LogP contribution in [-0.2, 0) is 16.1 Å². The maximum Gasteiger partial charge on any atom is 0.258 e. The number of carbonyl (C=O) groups is 1. The van der Waals surface area contributed by atoms with Crippen LogP contribution >= 0.6 is 15.9 Å². The first-order valence-corrected chi connectivity index (χ1v) is 7.20. The highest BCUT2D eigenvalue weighted by Crippen LogP contribution is 2.22. The van der Waals surface area contributed by atoms with Gasteiger partial charge in [0.2, 0.25) is 0 Å². The molecule has 1 atom stereocenters. The zero-order valence-corrected chi connectivity index (χ0v) is 13.6. The molecule has 2 N–H and O–H groups in total. The molecule has 0 fully saturated rings. The van der Waals surface area contributed by atoms with Gasteiger partial charge in [0.05, 0.1) is 6.61 Å². The summed E-state index contributed by atoms with van der Waals surface area (Å²) >= 11 is 3.47. The lowest BCUT2D eigenvalue weighted by molar-refractivity contribution is -0.124. The van der Waals surface area contributed by atoms with Gasteiger partial charge in [0.1, 0.15) is 5.75 Å². The van der Waals surface area contributed by atoms with E-state index in [0.29, 0.717) is 12.4 Å². The van der Waals surface area contributed by atoms with Crippen molar-refractivity contribution in [1.29, 1.82) is 0 Å². The number of carbonyl (C=O) groups excluding carboxylic acids is 1. The Morgan fingerprint density at radius 3 is 2.85 bits per heavy atom. The third kappa shape index (κ3) is 5.90. The first kappa shape index (κ1) is 16.9. The molecule has 112 valence electrons. The number of nitrogens with one attached hydrogen (secondary N) is 2. The normalized spacial score (nSPS) is 12.0. The Bertz CT molecular complexity index is 440. The molecule has 0 aliphatic carbocycles. The Kier molecular flexibility index (Phi) is 7.58. The molecule has 1 amide bonds. The Labute approximate surface area is 128 Å². The summed E-state index contributed by atoms with van der Waals surface area (Å²) in [5, 5.41) is 5.87. The summed E-state index contributed by atoms with van der Waals surface area (Å²) < 4.78 is 11.5. The van der Waals surface area contributed by atoms with Crippen LogP contribution in [0.1, 0.15) is 12.5 Å². The Hall–Kier alpha value is -1.11. The molecular formula is C14H21BrN2O3. The van der Waals surface area contributed by atoms with Crippen LogP contribution in [0.5, 0.6) is 5.75 Å². The molecule has 1 rings (SSSR count). The summed E-state index contributed by atoms with van der Waals surface area (Å²) in [6.45, 7) is 3.09. The second-order valence-electron chi connectivity index (χ2n) is 4.50. The number of methoxy groups -OCH3 is 1. The van der Waals surface area contributed by atoms with Crippen LogP contribution in [0.15, 0.2) is 22.7 Å². The van der Waals surface area contributed by atoms with E-state index in [9.17, 15) is 4.79 Å². The molecule has 20 heavy (non-hydrogen) atoms. The van der Waals surface area contributed by atoms with Gasteiger partial charge in [-0.05, 0) is 37.7 Å². The smallest absolute Gasteiger partial charge is 0.258 e. The first-order chi connectivity index (χ1) is 9.56. The first-order valence-electron chi connectivity index (χ1n) is 6.41.